The Kier molecular flexibility index (Phi) is 7.02. The van der Waals surface area contributed by atoms with Gasteiger partial charge in [-0.1, -0.05) is 54.1 Å². The van der Waals surface area contributed by atoms with Crippen LogP contribution in [0.1, 0.15) is 16.7 Å². The number of amides is 2. The molecule has 1 heterocycles. The molecule has 1 fully saturated rings. The molecule has 0 radical (unpaired) electrons. The Morgan fingerprint density at radius 3 is 2.44 bits per heavy atom. The Bertz CT molecular complexity index is 1050. The van der Waals surface area contributed by atoms with Crippen LogP contribution in [-0.4, -0.2) is 42.0 Å². The molecule has 3 aromatic rings. The lowest BCUT2D eigenvalue weighted by atomic mass is 10.1. The molecule has 5 nitrogen and oxygen atoms in total. The van der Waals surface area contributed by atoms with Crippen molar-refractivity contribution in [3.8, 4) is 11.5 Å². The normalized spacial score (nSPS) is 14.2. The van der Waals surface area contributed by atoms with Crippen molar-refractivity contribution >= 4 is 6.03 Å². The minimum absolute atomic E-state index is 0.0227. The number of halogens is 1. The molecule has 0 aliphatic carbocycles. The van der Waals surface area contributed by atoms with Crippen molar-refractivity contribution in [2.24, 2.45) is 0 Å². The summed E-state index contributed by atoms with van der Waals surface area (Å²) in [7, 11) is 0. The number of piperazine rings is 1. The number of rotatable bonds is 6. The van der Waals surface area contributed by atoms with Crippen molar-refractivity contribution in [3.05, 3.63) is 95.3 Å². The molecule has 166 valence electrons. The topological polar surface area (TPSA) is 44.8 Å². The zero-order valence-electron chi connectivity index (χ0n) is 18.3. The molecule has 0 atom stereocenters. The lowest BCUT2D eigenvalue weighted by Crippen LogP contribution is -2.51. The number of urea groups is 1. The lowest BCUT2D eigenvalue weighted by molar-refractivity contribution is 0.135. The zero-order chi connectivity index (χ0) is 22.3. The van der Waals surface area contributed by atoms with Gasteiger partial charge in [-0.2, -0.15) is 0 Å². The van der Waals surface area contributed by atoms with Crippen LogP contribution in [0.5, 0.6) is 11.5 Å². The maximum atomic E-state index is 13.8. The van der Waals surface area contributed by atoms with Gasteiger partial charge in [0.05, 0.1) is 0 Å². The Labute approximate surface area is 188 Å². The Balaban J connectivity index is 1.25. The van der Waals surface area contributed by atoms with E-state index in [1.807, 2.05) is 48.2 Å². The van der Waals surface area contributed by atoms with Crippen LogP contribution in [0, 0.1) is 12.7 Å². The number of benzene rings is 3. The van der Waals surface area contributed by atoms with E-state index in [1.165, 1.54) is 11.6 Å². The van der Waals surface area contributed by atoms with Gasteiger partial charge < -0.3 is 15.0 Å². The van der Waals surface area contributed by atoms with Gasteiger partial charge in [0.2, 0.25) is 0 Å². The number of carbonyl (C=O) groups is 1. The summed E-state index contributed by atoms with van der Waals surface area (Å²) in [4.78, 5) is 16.7. The number of hydrogen-bond acceptors (Lipinski definition) is 3. The highest BCUT2D eigenvalue weighted by molar-refractivity contribution is 5.74. The quantitative estimate of drug-likeness (QED) is 0.598. The molecule has 3 aromatic carbocycles. The van der Waals surface area contributed by atoms with Crippen molar-refractivity contribution < 1.29 is 13.9 Å². The molecule has 2 amide bonds. The maximum absolute atomic E-state index is 13.8. The van der Waals surface area contributed by atoms with Crippen molar-refractivity contribution in [2.45, 2.75) is 20.0 Å². The van der Waals surface area contributed by atoms with Crippen LogP contribution in [0.2, 0.25) is 0 Å². The van der Waals surface area contributed by atoms with E-state index in [0.717, 1.165) is 30.8 Å². The molecular weight excluding hydrogens is 405 g/mol. The number of carbonyl (C=O) groups excluding carboxylic acids is 1. The largest absolute Gasteiger partial charge is 0.454 e. The van der Waals surface area contributed by atoms with E-state index in [-0.39, 0.29) is 17.6 Å². The lowest BCUT2D eigenvalue weighted by Gasteiger charge is -2.34. The average Bonchev–Trinajstić information content (AvgIpc) is 2.81. The first-order chi connectivity index (χ1) is 15.6. The van der Waals surface area contributed by atoms with Gasteiger partial charge in [-0.15, -0.1) is 0 Å². The third-order valence-electron chi connectivity index (χ3n) is 5.59. The number of aryl methyl sites for hydroxylation is 1. The van der Waals surface area contributed by atoms with Gasteiger partial charge in [0.25, 0.3) is 0 Å². The molecule has 1 saturated heterocycles. The molecule has 1 aliphatic heterocycles. The molecule has 0 bridgehead atoms. The minimum atomic E-state index is -0.380. The Morgan fingerprint density at radius 2 is 1.69 bits per heavy atom. The van der Waals surface area contributed by atoms with Crippen LogP contribution in [-0.2, 0) is 13.1 Å². The first-order valence-corrected chi connectivity index (χ1v) is 10.9. The van der Waals surface area contributed by atoms with Crippen LogP contribution in [0.4, 0.5) is 9.18 Å². The van der Waals surface area contributed by atoms with E-state index in [9.17, 15) is 9.18 Å². The second-order valence-corrected chi connectivity index (χ2v) is 8.09. The van der Waals surface area contributed by atoms with E-state index in [1.54, 1.807) is 18.2 Å². The standard InChI is InChI=1S/C26H28FN3O2/c1-20-9-11-21(12-10-20)18-28-26(31)30-15-13-29(14-16-30)19-22-5-4-6-23(17-22)32-25-8-3-2-7-24(25)27/h2-12,17H,13-16,18-19H2,1H3,(H,28,31). The molecule has 0 aromatic heterocycles. The van der Waals surface area contributed by atoms with Crippen LogP contribution >= 0.6 is 0 Å². The van der Waals surface area contributed by atoms with Crippen LogP contribution in [0.15, 0.2) is 72.8 Å². The van der Waals surface area contributed by atoms with Gasteiger partial charge in [-0.3, -0.25) is 4.90 Å². The third kappa shape index (κ3) is 5.86. The van der Waals surface area contributed by atoms with Gasteiger partial charge in [0, 0.05) is 39.3 Å². The Morgan fingerprint density at radius 1 is 0.938 bits per heavy atom. The first kappa shape index (κ1) is 21.8. The van der Waals surface area contributed by atoms with Gasteiger partial charge in [0.15, 0.2) is 11.6 Å². The van der Waals surface area contributed by atoms with E-state index < -0.39 is 0 Å². The summed E-state index contributed by atoms with van der Waals surface area (Å²) in [5.41, 5.74) is 3.40. The van der Waals surface area contributed by atoms with Gasteiger partial charge in [-0.05, 0) is 42.3 Å². The predicted molar refractivity (Wildman–Crippen MR) is 123 cm³/mol. The molecule has 1 aliphatic rings. The van der Waals surface area contributed by atoms with Crippen LogP contribution in [0.3, 0.4) is 0 Å². The summed E-state index contributed by atoms with van der Waals surface area (Å²) in [6.07, 6.45) is 0. The smallest absolute Gasteiger partial charge is 0.317 e. The number of nitrogens with one attached hydrogen (secondary N) is 1. The highest BCUT2D eigenvalue weighted by atomic mass is 19.1. The average molecular weight is 434 g/mol. The summed E-state index contributed by atoms with van der Waals surface area (Å²) in [5.74, 6) is 0.450. The van der Waals surface area contributed by atoms with E-state index in [0.29, 0.717) is 25.4 Å². The SMILES string of the molecule is Cc1ccc(CNC(=O)N2CCN(Cc3cccc(Oc4ccccc4F)c3)CC2)cc1. The summed E-state index contributed by atoms with van der Waals surface area (Å²) >= 11 is 0. The second kappa shape index (κ2) is 10.3. The fraction of sp³-hybridized carbons (Fsp3) is 0.269. The second-order valence-electron chi connectivity index (χ2n) is 8.09. The number of ether oxygens (including phenoxy) is 1. The van der Waals surface area contributed by atoms with Crippen molar-refractivity contribution in [3.63, 3.8) is 0 Å². The highest BCUT2D eigenvalue weighted by Gasteiger charge is 2.21. The molecule has 1 N–H and O–H groups in total. The first-order valence-electron chi connectivity index (χ1n) is 10.9. The Hall–Kier alpha value is -3.38. The molecule has 32 heavy (non-hydrogen) atoms. The third-order valence-corrected chi connectivity index (χ3v) is 5.59. The number of para-hydroxylation sites is 1. The fourth-order valence-electron chi connectivity index (χ4n) is 3.72. The number of hydrogen-bond donors (Lipinski definition) is 1. The molecule has 6 heteroatoms. The van der Waals surface area contributed by atoms with Crippen molar-refractivity contribution in [2.75, 3.05) is 26.2 Å². The number of nitrogens with zero attached hydrogens (tertiary/aromatic N) is 2. The minimum Gasteiger partial charge on any atom is -0.454 e. The maximum Gasteiger partial charge on any atom is 0.317 e. The molecular formula is C26H28FN3O2. The summed E-state index contributed by atoms with van der Waals surface area (Å²) in [6, 6.07) is 22.3. The monoisotopic (exact) mass is 433 g/mol. The summed E-state index contributed by atoms with van der Waals surface area (Å²) in [6.45, 7) is 6.32. The zero-order valence-corrected chi connectivity index (χ0v) is 18.3. The molecule has 0 unspecified atom stereocenters. The van der Waals surface area contributed by atoms with Gasteiger partial charge >= 0.3 is 6.03 Å². The van der Waals surface area contributed by atoms with Crippen molar-refractivity contribution in [1.82, 2.24) is 15.1 Å². The van der Waals surface area contributed by atoms with Gasteiger partial charge in [0.1, 0.15) is 5.75 Å². The molecule has 0 spiro atoms. The van der Waals surface area contributed by atoms with Gasteiger partial charge in [-0.25, -0.2) is 9.18 Å². The van der Waals surface area contributed by atoms with E-state index in [2.05, 4.69) is 22.3 Å². The molecule has 4 rings (SSSR count). The van der Waals surface area contributed by atoms with E-state index >= 15 is 0 Å². The van der Waals surface area contributed by atoms with Crippen molar-refractivity contribution in [1.29, 1.82) is 0 Å². The van der Waals surface area contributed by atoms with E-state index in [4.69, 9.17) is 4.74 Å². The van der Waals surface area contributed by atoms with Crippen LogP contribution < -0.4 is 10.1 Å². The predicted octanol–water partition coefficient (Wildman–Crippen LogP) is 4.95. The van der Waals surface area contributed by atoms with Crippen LogP contribution in [0.25, 0.3) is 0 Å². The highest BCUT2D eigenvalue weighted by Crippen LogP contribution is 2.25. The summed E-state index contributed by atoms with van der Waals surface area (Å²) in [5, 5.41) is 3.01. The fourth-order valence-corrected chi connectivity index (χ4v) is 3.72. The summed E-state index contributed by atoms with van der Waals surface area (Å²) < 4.78 is 19.5. The molecule has 0 saturated carbocycles.